The zero-order valence-electron chi connectivity index (χ0n) is 6.23. The quantitative estimate of drug-likeness (QED) is 0.606. The van der Waals surface area contributed by atoms with Gasteiger partial charge in [-0.1, -0.05) is 17.7 Å². The van der Waals surface area contributed by atoms with Gasteiger partial charge in [0.1, 0.15) is 0 Å². The molecule has 0 aromatic heterocycles. The fourth-order valence-corrected chi connectivity index (χ4v) is 1.63. The van der Waals surface area contributed by atoms with Gasteiger partial charge in [-0.25, -0.2) is 4.39 Å². The standard InChI is InChI=1S/C9H6ClFO/c10-6-3-1-5-2-4-7(12)8(5)9(6)11/h1,3H,2,4H2. The minimum Gasteiger partial charge on any atom is -0.294 e. The van der Waals surface area contributed by atoms with E-state index in [9.17, 15) is 9.18 Å². The van der Waals surface area contributed by atoms with E-state index in [1.54, 1.807) is 6.07 Å². The predicted octanol–water partition coefficient (Wildman–Crippen LogP) is 2.61. The van der Waals surface area contributed by atoms with Gasteiger partial charge in [-0.3, -0.25) is 4.79 Å². The third-order valence-electron chi connectivity index (χ3n) is 2.08. The maximum Gasteiger partial charge on any atom is 0.166 e. The topological polar surface area (TPSA) is 17.1 Å². The lowest BCUT2D eigenvalue weighted by molar-refractivity contribution is 0.0991. The van der Waals surface area contributed by atoms with Crippen molar-refractivity contribution in [3.63, 3.8) is 0 Å². The van der Waals surface area contributed by atoms with Crippen LogP contribution >= 0.6 is 11.6 Å². The summed E-state index contributed by atoms with van der Waals surface area (Å²) >= 11 is 5.53. The first-order valence-electron chi connectivity index (χ1n) is 3.70. The highest BCUT2D eigenvalue weighted by atomic mass is 35.5. The third kappa shape index (κ3) is 0.950. The molecular formula is C9H6ClFO. The molecule has 0 saturated heterocycles. The summed E-state index contributed by atoms with van der Waals surface area (Å²) in [7, 11) is 0. The Kier molecular flexibility index (Phi) is 1.65. The number of ketones is 1. The Balaban J connectivity index is 2.71. The van der Waals surface area contributed by atoms with E-state index in [4.69, 9.17) is 11.6 Å². The fourth-order valence-electron chi connectivity index (χ4n) is 1.47. The lowest BCUT2D eigenvalue weighted by Gasteiger charge is -1.99. The molecule has 1 aromatic carbocycles. The molecule has 0 heterocycles. The summed E-state index contributed by atoms with van der Waals surface area (Å²) in [6.45, 7) is 0. The molecule has 2 rings (SSSR count). The summed E-state index contributed by atoms with van der Waals surface area (Å²) in [5, 5.41) is 0.0315. The van der Waals surface area contributed by atoms with Crippen LogP contribution in [-0.4, -0.2) is 5.78 Å². The first-order valence-corrected chi connectivity index (χ1v) is 4.08. The van der Waals surface area contributed by atoms with Crippen molar-refractivity contribution in [1.29, 1.82) is 0 Å². The first kappa shape index (κ1) is 7.74. The van der Waals surface area contributed by atoms with Crippen LogP contribution in [0.5, 0.6) is 0 Å². The van der Waals surface area contributed by atoms with Crippen LogP contribution in [0, 0.1) is 5.82 Å². The van der Waals surface area contributed by atoms with Crippen molar-refractivity contribution in [2.24, 2.45) is 0 Å². The molecule has 0 unspecified atom stereocenters. The van der Waals surface area contributed by atoms with Gasteiger partial charge >= 0.3 is 0 Å². The largest absolute Gasteiger partial charge is 0.294 e. The number of hydrogen-bond donors (Lipinski definition) is 0. The molecule has 0 bridgehead atoms. The van der Waals surface area contributed by atoms with Crippen LogP contribution in [0.15, 0.2) is 12.1 Å². The van der Waals surface area contributed by atoms with Crippen LogP contribution in [0.1, 0.15) is 22.3 Å². The minimum absolute atomic E-state index is 0.0315. The van der Waals surface area contributed by atoms with Crippen LogP contribution in [0.3, 0.4) is 0 Å². The SMILES string of the molecule is O=C1CCc2ccc(Cl)c(F)c21. The summed E-state index contributed by atoms with van der Waals surface area (Å²) in [5.74, 6) is -0.693. The van der Waals surface area contributed by atoms with Crippen LogP contribution in [0.2, 0.25) is 5.02 Å². The third-order valence-corrected chi connectivity index (χ3v) is 2.37. The molecule has 0 aliphatic heterocycles. The van der Waals surface area contributed by atoms with E-state index in [1.165, 1.54) is 6.07 Å². The van der Waals surface area contributed by atoms with E-state index in [-0.39, 0.29) is 16.4 Å². The summed E-state index contributed by atoms with van der Waals surface area (Å²) in [5.41, 5.74) is 0.976. The lowest BCUT2D eigenvalue weighted by atomic mass is 10.1. The van der Waals surface area contributed by atoms with Gasteiger partial charge in [-0.15, -0.1) is 0 Å². The fraction of sp³-hybridized carbons (Fsp3) is 0.222. The second-order valence-corrected chi connectivity index (χ2v) is 3.23. The highest BCUT2D eigenvalue weighted by Gasteiger charge is 2.24. The van der Waals surface area contributed by atoms with Crippen LogP contribution in [-0.2, 0) is 6.42 Å². The van der Waals surface area contributed by atoms with Gasteiger partial charge in [0.25, 0.3) is 0 Å². The zero-order chi connectivity index (χ0) is 8.72. The predicted molar refractivity (Wildman–Crippen MR) is 44.1 cm³/mol. The van der Waals surface area contributed by atoms with Crippen LogP contribution in [0.4, 0.5) is 4.39 Å². The highest BCUT2D eigenvalue weighted by Crippen LogP contribution is 2.28. The Morgan fingerprint density at radius 2 is 2.08 bits per heavy atom. The van der Waals surface area contributed by atoms with Gasteiger partial charge in [0.05, 0.1) is 10.6 Å². The van der Waals surface area contributed by atoms with E-state index in [0.29, 0.717) is 12.8 Å². The second kappa shape index (κ2) is 2.56. The smallest absolute Gasteiger partial charge is 0.166 e. The Hall–Kier alpha value is -0.890. The number of carbonyl (C=O) groups is 1. The molecule has 1 aromatic rings. The lowest BCUT2D eigenvalue weighted by Crippen LogP contribution is -1.96. The monoisotopic (exact) mass is 184 g/mol. The molecule has 0 radical (unpaired) electrons. The summed E-state index contributed by atoms with van der Waals surface area (Å²) in [6.07, 6.45) is 1.05. The van der Waals surface area contributed by atoms with Crippen molar-refractivity contribution in [3.8, 4) is 0 Å². The highest BCUT2D eigenvalue weighted by molar-refractivity contribution is 6.31. The number of halogens is 2. The van der Waals surface area contributed by atoms with E-state index >= 15 is 0 Å². The molecule has 0 amide bonds. The molecule has 0 N–H and O–H groups in total. The Labute approximate surface area is 74.2 Å². The summed E-state index contributed by atoms with van der Waals surface area (Å²) in [6, 6.07) is 3.21. The first-order chi connectivity index (χ1) is 5.70. The number of Topliss-reactive ketones (excluding diaryl/α,β-unsaturated/α-hetero) is 1. The summed E-state index contributed by atoms with van der Waals surface area (Å²) < 4.78 is 13.2. The molecule has 62 valence electrons. The molecule has 0 saturated carbocycles. The van der Waals surface area contributed by atoms with E-state index in [1.807, 2.05) is 0 Å². The maximum absolute atomic E-state index is 13.2. The molecule has 0 spiro atoms. The Morgan fingerprint density at radius 3 is 2.83 bits per heavy atom. The van der Waals surface area contributed by atoms with Crippen LogP contribution in [0.25, 0.3) is 0 Å². The average Bonchev–Trinajstić information content (AvgIpc) is 2.41. The van der Waals surface area contributed by atoms with Crippen LogP contribution < -0.4 is 0 Å². The Bertz CT molecular complexity index is 360. The van der Waals surface area contributed by atoms with Gasteiger partial charge in [-0.2, -0.15) is 0 Å². The molecule has 0 atom stereocenters. The summed E-state index contributed by atoms with van der Waals surface area (Å²) in [4.78, 5) is 11.1. The Morgan fingerprint density at radius 1 is 1.33 bits per heavy atom. The maximum atomic E-state index is 13.2. The molecule has 12 heavy (non-hydrogen) atoms. The molecule has 1 nitrogen and oxygen atoms in total. The molecule has 1 aliphatic rings. The van der Waals surface area contributed by atoms with Crippen molar-refractivity contribution >= 4 is 17.4 Å². The number of hydrogen-bond acceptors (Lipinski definition) is 1. The van der Waals surface area contributed by atoms with Crippen molar-refractivity contribution in [1.82, 2.24) is 0 Å². The van der Waals surface area contributed by atoms with Crippen molar-refractivity contribution < 1.29 is 9.18 Å². The van der Waals surface area contributed by atoms with Crippen molar-refractivity contribution in [2.45, 2.75) is 12.8 Å². The van der Waals surface area contributed by atoms with Gasteiger partial charge in [0.2, 0.25) is 0 Å². The second-order valence-electron chi connectivity index (χ2n) is 2.82. The van der Waals surface area contributed by atoms with Gasteiger partial charge < -0.3 is 0 Å². The average molecular weight is 185 g/mol. The number of benzene rings is 1. The molecular weight excluding hydrogens is 179 g/mol. The number of aryl methyl sites for hydroxylation is 1. The minimum atomic E-state index is -0.559. The number of fused-ring (bicyclic) bond motifs is 1. The molecule has 3 heteroatoms. The van der Waals surface area contributed by atoms with Crippen molar-refractivity contribution in [2.75, 3.05) is 0 Å². The zero-order valence-corrected chi connectivity index (χ0v) is 6.99. The number of carbonyl (C=O) groups excluding carboxylic acids is 1. The van der Waals surface area contributed by atoms with E-state index in [0.717, 1.165) is 5.56 Å². The van der Waals surface area contributed by atoms with Gasteiger partial charge in [0, 0.05) is 6.42 Å². The van der Waals surface area contributed by atoms with Gasteiger partial charge in [-0.05, 0) is 18.1 Å². The van der Waals surface area contributed by atoms with Crippen molar-refractivity contribution in [3.05, 3.63) is 34.1 Å². The van der Waals surface area contributed by atoms with E-state index in [2.05, 4.69) is 0 Å². The normalized spacial score (nSPS) is 15.0. The van der Waals surface area contributed by atoms with Gasteiger partial charge in [0.15, 0.2) is 11.6 Å². The molecule has 0 fully saturated rings. The number of rotatable bonds is 0. The van der Waals surface area contributed by atoms with E-state index < -0.39 is 5.82 Å². The molecule has 1 aliphatic carbocycles.